The lowest BCUT2D eigenvalue weighted by Crippen LogP contribution is -2.61. The lowest BCUT2D eigenvalue weighted by atomic mass is 9.36. The number of rotatable bonds is 0. The third-order valence-electron chi connectivity index (χ3n) is 18.1. The summed E-state index contributed by atoms with van der Waals surface area (Å²) in [6.45, 7) is 0. The largest absolute Gasteiger partial charge is 0.308 e. The van der Waals surface area contributed by atoms with Gasteiger partial charge in [0.2, 0.25) is 0 Å². The molecule has 0 radical (unpaired) electrons. The average molecular weight is 838 g/mol. The Morgan fingerprint density at radius 3 is 1.35 bits per heavy atom. The van der Waals surface area contributed by atoms with Gasteiger partial charge in [-0.3, -0.25) is 9.59 Å². The number of ketones is 2. The second-order valence-electron chi connectivity index (χ2n) is 20.3. The van der Waals surface area contributed by atoms with Crippen LogP contribution in [0, 0.1) is 0 Å². The molecule has 0 N–H and O–H groups in total. The van der Waals surface area contributed by atoms with Crippen LogP contribution in [0.15, 0.2) is 176 Å². The normalized spacial score (nSPS) is 24.5. The number of nitrogens with zero attached hydrogens (tertiary/aromatic N) is 1. The first-order valence-corrected chi connectivity index (χ1v) is 23.6. The highest BCUT2D eigenvalue weighted by atomic mass is 16.1. The van der Waals surface area contributed by atoms with Gasteiger partial charge in [-0.1, -0.05) is 146 Å². The van der Waals surface area contributed by atoms with E-state index in [1.54, 1.807) is 0 Å². The maximum Gasteiger partial charge on any atom is 0.175 e. The molecule has 9 aliphatic carbocycles. The minimum absolute atomic E-state index is 0.0550. The summed E-state index contributed by atoms with van der Waals surface area (Å²) < 4.78 is 2.47. The van der Waals surface area contributed by atoms with Crippen LogP contribution >= 0.6 is 0 Å². The molecule has 20 rings (SSSR count). The van der Waals surface area contributed by atoms with Gasteiger partial charge in [-0.2, -0.15) is 0 Å². The van der Waals surface area contributed by atoms with Crippen molar-refractivity contribution in [2.24, 2.45) is 0 Å². The fraction of sp³-hybridized carbons (Fsp3) is 0.111. The molecule has 2 aromatic heterocycles. The second-order valence-corrected chi connectivity index (χ2v) is 20.3. The average Bonchev–Trinajstić information content (AvgIpc) is 3.79. The van der Waals surface area contributed by atoms with Crippen molar-refractivity contribution in [2.45, 2.75) is 40.9 Å². The van der Waals surface area contributed by atoms with E-state index in [1.165, 1.54) is 93.8 Å². The van der Waals surface area contributed by atoms with Gasteiger partial charge in [-0.15, -0.1) is 0 Å². The summed E-state index contributed by atoms with van der Waals surface area (Å²) in [5.74, 6) is -0.00879. The van der Waals surface area contributed by atoms with Crippen LogP contribution < -0.4 is 0 Å². The Morgan fingerprint density at radius 1 is 0.348 bits per heavy atom. The fourth-order valence-corrected chi connectivity index (χ4v) is 15.9. The zero-order valence-corrected chi connectivity index (χ0v) is 35.5. The lowest BCUT2D eigenvalue weighted by Gasteiger charge is -2.64. The van der Waals surface area contributed by atoms with Crippen LogP contribution in [0.2, 0.25) is 0 Å². The molecule has 0 aliphatic heterocycles. The predicted molar refractivity (Wildman–Crippen MR) is 258 cm³/mol. The van der Waals surface area contributed by atoms with Crippen molar-refractivity contribution >= 4 is 49.7 Å². The van der Waals surface area contributed by atoms with E-state index in [0.29, 0.717) is 0 Å². The Bertz CT molecular complexity index is 4130. The zero-order valence-electron chi connectivity index (χ0n) is 35.5. The molecule has 0 saturated carbocycles. The van der Waals surface area contributed by atoms with Crippen molar-refractivity contribution in [1.29, 1.82) is 0 Å². The molecular weight excluding hydrogens is 803 g/mol. The topological polar surface area (TPSA) is 38.5 Å². The van der Waals surface area contributed by atoms with Crippen LogP contribution in [0.4, 0.5) is 0 Å². The fourth-order valence-electron chi connectivity index (χ4n) is 15.9. The van der Waals surface area contributed by atoms with Gasteiger partial charge in [0.25, 0.3) is 0 Å². The van der Waals surface area contributed by atoms with E-state index >= 15 is 9.59 Å². The van der Waals surface area contributed by atoms with Crippen molar-refractivity contribution < 1.29 is 9.59 Å². The van der Waals surface area contributed by atoms with E-state index in [2.05, 4.69) is 180 Å². The Kier molecular flexibility index (Phi) is 5.49. The summed E-state index contributed by atoms with van der Waals surface area (Å²) in [4.78, 5) is 30.9. The van der Waals surface area contributed by atoms with Gasteiger partial charge in [0.1, 0.15) is 0 Å². The highest BCUT2D eigenvalue weighted by molar-refractivity contribution is 6.27. The second kappa shape index (κ2) is 10.8. The SMILES string of the molecule is O=C1c2cc3c(cc2C2c4ccccc4C1c1ccccc12)c1cc2c(c4c5cc6c(cc5n3c14)C(=O)C1c3ccccc3C13c1ccccc1C63)C1c3ccccc3C2c2ccccc21. The molecule has 1 spiro atoms. The first kappa shape index (κ1) is 33.6. The molecule has 2 heterocycles. The van der Waals surface area contributed by atoms with Crippen molar-refractivity contribution in [1.82, 2.24) is 4.40 Å². The van der Waals surface area contributed by atoms with Crippen molar-refractivity contribution in [3.8, 4) is 0 Å². The molecule has 0 saturated heterocycles. The first-order chi connectivity index (χ1) is 32.6. The Balaban J connectivity index is 1.01. The molecule has 11 aromatic rings. The molecule has 9 aromatic carbocycles. The predicted octanol–water partition coefficient (Wildman–Crippen LogP) is 13.4. The zero-order chi connectivity index (χ0) is 42.6. The molecule has 3 unspecified atom stereocenters. The molecule has 0 amide bonds. The smallest absolute Gasteiger partial charge is 0.175 e. The van der Waals surface area contributed by atoms with Crippen LogP contribution in [0.3, 0.4) is 0 Å². The Hall–Kier alpha value is -7.88. The number of carbonyl (C=O) groups excluding carboxylic acids is 2. The summed E-state index contributed by atoms with van der Waals surface area (Å²) in [5, 5.41) is 4.88. The minimum Gasteiger partial charge on any atom is -0.308 e. The van der Waals surface area contributed by atoms with E-state index in [9.17, 15) is 0 Å². The number of aromatic nitrogens is 1. The lowest BCUT2D eigenvalue weighted by molar-refractivity contribution is 0.0847. The highest BCUT2D eigenvalue weighted by Crippen LogP contribution is 2.74. The van der Waals surface area contributed by atoms with Gasteiger partial charge < -0.3 is 4.40 Å². The molecule has 4 bridgehead atoms. The molecule has 3 atom stereocenters. The Labute approximate surface area is 378 Å². The summed E-state index contributed by atoms with van der Waals surface area (Å²) >= 11 is 0. The Morgan fingerprint density at radius 2 is 0.773 bits per heavy atom. The van der Waals surface area contributed by atoms with Gasteiger partial charge in [-0.05, 0) is 119 Å². The monoisotopic (exact) mass is 837 g/mol. The third-order valence-corrected chi connectivity index (χ3v) is 18.1. The number of fused-ring (bicyclic) bond motifs is 12. The maximum absolute atomic E-state index is 15.5. The van der Waals surface area contributed by atoms with Crippen LogP contribution in [-0.4, -0.2) is 16.0 Å². The molecule has 3 heteroatoms. The number of hydrogen-bond acceptors (Lipinski definition) is 2. The van der Waals surface area contributed by atoms with E-state index in [-0.39, 0.29) is 52.5 Å². The van der Waals surface area contributed by atoms with E-state index in [0.717, 1.165) is 44.4 Å². The van der Waals surface area contributed by atoms with Gasteiger partial charge in [0.15, 0.2) is 11.6 Å². The highest BCUT2D eigenvalue weighted by Gasteiger charge is 2.69. The molecular formula is C63H35NO2. The van der Waals surface area contributed by atoms with Gasteiger partial charge >= 0.3 is 0 Å². The summed E-state index contributed by atoms with van der Waals surface area (Å²) in [6.07, 6.45) is 0. The molecule has 66 heavy (non-hydrogen) atoms. The summed E-state index contributed by atoms with van der Waals surface area (Å²) in [5.41, 5.74) is 25.0. The minimum atomic E-state index is -0.362. The number of carbonyl (C=O) groups is 2. The number of Topliss-reactive ketones (excluding diaryl/α,β-unsaturated/α-hetero) is 2. The number of hydrogen-bond donors (Lipinski definition) is 0. The number of benzene rings is 9. The van der Waals surface area contributed by atoms with Crippen LogP contribution in [0.5, 0.6) is 0 Å². The molecule has 304 valence electrons. The molecule has 9 aliphatic rings. The molecule has 3 nitrogen and oxygen atoms in total. The van der Waals surface area contributed by atoms with Crippen LogP contribution in [0.25, 0.3) is 38.1 Å². The van der Waals surface area contributed by atoms with Gasteiger partial charge in [0, 0.05) is 61.8 Å². The first-order valence-electron chi connectivity index (χ1n) is 23.6. The third kappa shape index (κ3) is 3.33. The quantitative estimate of drug-likeness (QED) is 0.153. The van der Waals surface area contributed by atoms with Gasteiger partial charge in [-0.25, -0.2) is 0 Å². The standard InChI is InChI=1S/C63H35NO2/c65-61-44-28-50-40(25-41(44)52-32-15-3-7-19-36(32)55(61)37-20-8-4-16-33(37)52)43-27-47-53-30-13-1-5-17-34(30)54(35-18-6-2-14-31(35)53)56(47)57-46-26-42-45(29-51(46)64(50)60(43)57)62(66)59-39-22-10-12-24-49(39)63(59)48-23-11-9-21-38(48)58(42)63/h1-29,52-55,58-59H. The van der Waals surface area contributed by atoms with Crippen molar-refractivity contribution in [3.05, 3.63) is 276 Å². The van der Waals surface area contributed by atoms with E-state index in [4.69, 9.17) is 0 Å². The summed E-state index contributed by atoms with van der Waals surface area (Å²) in [7, 11) is 0. The summed E-state index contributed by atoms with van der Waals surface area (Å²) in [6, 6.07) is 65.0. The van der Waals surface area contributed by atoms with Crippen molar-refractivity contribution in [2.75, 3.05) is 0 Å². The van der Waals surface area contributed by atoms with Crippen LogP contribution in [0.1, 0.15) is 145 Å². The van der Waals surface area contributed by atoms with E-state index < -0.39 is 0 Å². The van der Waals surface area contributed by atoms with Crippen molar-refractivity contribution in [3.63, 3.8) is 0 Å². The van der Waals surface area contributed by atoms with E-state index in [1.807, 2.05) is 0 Å². The van der Waals surface area contributed by atoms with Crippen LogP contribution in [-0.2, 0) is 5.41 Å². The van der Waals surface area contributed by atoms with Gasteiger partial charge in [0.05, 0.1) is 28.4 Å². The molecule has 0 fully saturated rings. The maximum atomic E-state index is 15.5.